The summed E-state index contributed by atoms with van der Waals surface area (Å²) in [5.41, 5.74) is 0. The molecule has 0 aliphatic carbocycles. The van der Waals surface area contributed by atoms with Crippen LogP contribution in [-0.4, -0.2) is 9.55 Å². The van der Waals surface area contributed by atoms with Crippen molar-refractivity contribution < 1.29 is 4.39 Å². The van der Waals surface area contributed by atoms with Gasteiger partial charge in [-0.3, -0.25) is 4.57 Å². The third-order valence-electron chi connectivity index (χ3n) is 0.790. The molecule has 0 amide bonds. The molecule has 0 atom stereocenters. The number of alkyl halides is 1. The fourth-order valence-corrected chi connectivity index (χ4v) is 0.538. The van der Waals surface area contributed by atoms with E-state index in [1.165, 1.54) is 17.1 Å². The Bertz CT molecular complexity index is 174. The average molecular weight is 135 g/mol. The molecule has 0 N–H and O–H groups in total. The fraction of sp³-hybridized carbons (Fsp3) is 0.250. The lowest BCUT2D eigenvalue weighted by Crippen LogP contribution is -1.87. The van der Waals surface area contributed by atoms with Gasteiger partial charge in [0.15, 0.2) is 6.80 Å². The second-order valence-corrected chi connectivity index (χ2v) is 1.69. The van der Waals surface area contributed by atoms with Crippen molar-refractivity contribution in [3.05, 3.63) is 17.7 Å². The van der Waals surface area contributed by atoms with Crippen molar-refractivity contribution in [1.82, 2.24) is 9.55 Å². The summed E-state index contributed by atoms with van der Waals surface area (Å²) >= 11 is 5.40. The van der Waals surface area contributed by atoms with Gasteiger partial charge in [0, 0.05) is 0 Å². The predicted molar refractivity (Wildman–Crippen MR) is 28.3 cm³/mol. The Hall–Kier alpha value is -0.570. The van der Waals surface area contributed by atoms with Gasteiger partial charge in [-0.1, -0.05) is 11.6 Å². The first kappa shape index (κ1) is 5.56. The van der Waals surface area contributed by atoms with Crippen LogP contribution in [0.4, 0.5) is 4.39 Å². The van der Waals surface area contributed by atoms with Crippen LogP contribution >= 0.6 is 11.6 Å². The largest absolute Gasteiger partial charge is 0.293 e. The average Bonchev–Trinajstić information content (AvgIpc) is 2.14. The van der Waals surface area contributed by atoms with E-state index in [-0.39, 0.29) is 0 Å². The van der Waals surface area contributed by atoms with Crippen molar-refractivity contribution in [1.29, 1.82) is 0 Å². The number of aromatic nitrogens is 2. The highest BCUT2D eigenvalue weighted by atomic mass is 35.5. The quantitative estimate of drug-likeness (QED) is 0.569. The molecule has 1 aromatic heterocycles. The molecule has 0 radical (unpaired) electrons. The highest BCUT2D eigenvalue weighted by Crippen LogP contribution is 2.05. The first-order chi connectivity index (χ1) is 3.84. The zero-order chi connectivity index (χ0) is 5.98. The van der Waals surface area contributed by atoms with Gasteiger partial charge in [0.1, 0.15) is 5.15 Å². The molecular weight excluding hydrogens is 131 g/mol. The minimum atomic E-state index is -0.612. The molecule has 0 aromatic carbocycles. The minimum Gasteiger partial charge on any atom is -0.293 e. The zero-order valence-electron chi connectivity index (χ0n) is 4.01. The molecule has 4 heteroatoms. The van der Waals surface area contributed by atoms with E-state index in [2.05, 4.69) is 4.98 Å². The fourth-order valence-electron chi connectivity index (χ4n) is 0.393. The molecular formula is C4H4ClFN2. The summed E-state index contributed by atoms with van der Waals surface area (Å²) < 4.78 is 12.9. The maximum atomic E-state index is 11.7. The Balaban J connectivity index is 2.92. The van der Waals surface area contributed by atoms with Crippen LogP contribution in [0.15, 0.2) is 12.5 Å². The van der Waals surface area contributed by atoms with Gasteiger partial charge in [0.2, 0.25) is 0 Å². The monoisotopic (exact) mass is 134 g/mol. The molecule has 0 fully saturated rings. The van der Waals surface area contributed by atoms with E-state index < -0.39 is 6.80 Å². The van der Waals surface area contributed by atoms with Gasteiger partial charge in [-0.15, -0.1) is 0 Å². The van der Waals surface area contributed by atoms with Crippen molar-refractivity contribution in [3.63, 3.8) is 0 Å². The summed E-state index contributed by atoms with van der Waals surface area (Å²) in [6, 6.07) is 0. The van der Waals surface area contributed by atoms with Gasteiger partial charge < -0.3 is 0 Å². The molecule has 0 saturated heterocycles. The SMILES string of the molecule is FCn1cncc1Cl. The summed E-state index contributed by atoms with van der Waals surface area (Å²) in [7, 11) is 0. The second-order valence-electron chi connectivity index (χ2n) is 1.31. The zero-order valence-corrected chi connectivity index (χ0v) is 4.77. The molecule has 1 heterocycles. The Morgan fingerprint density at radius 3 is 2.88 bits per heavy atom. The van der Waals surface area contributed by atoms with E-state index in [1.807, 2.05) is 0 Å². The summed E-state index contributed by atoms with van der Waals surface area (Å²) in [4.78, 5) is 3.58. The van der Waals surface area contributed by atoms with Gasteiger partial charge in [-0.25, -0.2) is 9.37 Å². The summed E-state index contributed by atoms with van der Waals surface area (Å²) in [6.07, 6.45) is 2.73. The normalized spacial score (nSPS) is 9.75. The van der Waals surface area contributed by atoms with Crippen LogP contribution < -0.4 is 0 Å². The first-order valence-corrected chi connectivity index (χ1v) is 2.44. The smallest absolute Gasteiger partial charge is 0.167 e. The van der Waals surface area contributed by atoms with E-state index in [4.69, 9.17) is 11.6 Å². The molecule has 44 valence electrons. The van der Waals surface area contributed by atoms with E-state index >= 15 is 0 Å². The highest BCUT2D eigenvalue weighted by molar-refractivity contribution is 6.29. The van der Waals surface area contributed by atoms with Gasteiger partial charge in [0.05, 0.1) is 12.5 Å². The van der Waals surface area contributed by atoms with Crippen molar-refractivity contribution in [3.8, 4) is 0 Å². The van der Waals surface area contributed by atoms with Crippen molar-refractivity contribution in [2.24, 2.45) is 0 Å². The molecule has 0 spiro atoms. The van der Waals surface area contributed by atoms with E-state index in [0.717, 1.165) is 0 Å². The second kappa shape index (κ2) is 2.13. The van der Waals surface area contributed by atoms with Crippen molar-refractivity contribution >= 4 is 11.6 Å². The van der Waals surface area contributed by atoms with Crippen molar-refractivity contribution in [2.45, 2.75) is 6.80 Å². The minimum absolute atomic E-state index is 0.326. The lowest BCUT2D eigenvalue weighted by Gasteiger charge is -1.90. The Morgan fingerprint density at radius 1 is 1.88 bits per heavy atom. The molecule has 0 bridgehead atoms. The van der Waals surface area contributed by atoms with E-state index in [9.17, 15) is 4.39 Å². The number of nitrogens with zero attached hydrogens (tertiary/aromatic N) is 2. The Kier molecular flexibility index (Phi) is 1.48. The van der Waals surface area contributed by atoms with E-state index in [1.54, 1.807) is 0 Å². The van der Waals surface area contributed by atoms with Gasteiger partial charge in [-0.2, -0.15) is 0 Å². The maximum absolute atomic E-state index is 11.7. The maximum Gasteiger partial charge on any atom is 0.167 e. The van der Waals surface area contributed by atoms with Crippen LogP contribution in [0.3, 0.4) is 0 Å². The van der Waals surface area contributed by atoms with Crippen LogP contribution in [0, 0.1) is 0 Å². The molecule has 1 aromatic rings. The summed E-state index contributed by atoms with van der Waals surface area (Å²) in [5, 5.41) is 0.326. The van der Waals surface area contributed by atoms with E-state index in [0.29, 0.717) is 5.15 Å². The molecule has 0 aliphatic rings. The molecule has 8 heavy (non-hydrogen) atoms. The van der Waals surface area contributed by atoms with Crippen LogP contribution in [0.1, 0.15) is 0 Å². The molecule has 0 saturated carbocycles. The number of imidazole rings is 1. The predicted octanol–water partition coefficient (Wildman–Crippen LogP) is 1.46. The summed E-state index contributed by atoms with van der Waals surface area (Å²) in [6.45, 7) is -0.612. The van der Waals surface area contributed by atoms with Gasteiger partial charge in [-0.05, 0) is 0 Å². The van der Waals surface area contributed by atoms with Gasteiger partial charge in [0.25, 0.3) is 0 Å². The molecule has 0 unspecified atom stereocenters. The number of hydrogen-bond acceptors (Lipinski definition) is 1. The Morgan fingerprint density at radius 2 is 2.62 bits per heavy atom. The highest BCUT2D eigenvalue weighted by Gasteiger charge is 1.93. The third kappa shape index (κ3) is 0.816. The van der Waals surface area contributed by atoms with Crippen molar-refractivity contribution in [2.75, 3.05) is 0 Å². The first-order valence-electron chi connectivity index (χ1n) is 2.06. The lowest BCUT2D eigenvalue weighted by molar-refractivity contribution is 0.377. The molecule has 0 aliphatic heterocycles. The van der Waals surface area contributed by atoms with Gasteiger partial charge >= 0.3 is 0 Å². The standard InChI is InChI=1S/C4H4ClFN2/c5-4-1-7-3-8(4)2-6/h1,3H,2H2. The van der Waals surface area contributed by atoms with Crippen LogP contribution in [0.2, 0.25) is 5.15 Å². The topological polar surface area (TPSA) is 17.8 Å². The number of hydrogen-bond donors (Lipinski definition) is 0. The van der Waals surface area contributed by atoms with Crippen LogP contribution in [0.25, 0.3) is 0 Å². The number of halogens is 2. The Labute approximate surface area is 50.9 Å². The van der Waals surface area contributed by atoms with Crippen LogP contribution in [-0.2, 0) is 6.80 Å². The number of rotatable bonds is 1. The summed E-state index contributed by atoms with van der Waals surface area (Å²) in [5.74, 6) is 0. The lowest BCUT2D eigenvalue weighted by atomic mass is 10.9. The van der Waals surface area contributed by atoms with Crippen LogP contribution in [0.5, 0.6) is 0 Å². The third-order valence-corrected chi connectivity index (χ3v) is 1.10. The molecule has 2 nitrogen and oxygen atoms in total. The molecule has 1 rings (SSSR count).